The lowest BCUT2D eigenvalue weighted by molar-refractivity contribution is 0.0270. The predicted molar refractivity (Wildman–Crippen MR) is 102 cm³/mol. The lowest BCUT2D eigenvalue weighted by Crippen LogP contribution is -2.39. The number of nitrogens with zero attached hydrogens (tertiary/aromatic N) is 2. The molecular weight excluding hydrogens is 334 g/mol. The molecule has 152 valence electrons. The lowest BCUT2D eigenvalue weighted by Gasteiger charge is -2.26. The standard InChI is InChI=1S/C19H37N3O4/c1-15(2)12-22(13-16(3)4)19(24)25-14-17(26-18(20)23)8-7-11-21-9-5-6-10-21/h15-17H,5-14H2,1-4H3,(H2,20,23)/t17-/m0/s1. The third kappa shape index (κ3) is 9.85. The van der Waals surface area contributed by atoms with Gasteiger partial charge >= 0.3 is 12.2 Å². The number of rotatable bonds is 11. The van der Waals surface area contributed by atoms with Crippen molar-refractivity contribution in [2.75, 3.05) is 39.3 Å². The minimum Gasteiger partial charge on any atom is -0.445 e. The maximum Gasteiger partial charge on any atom is 0.409 e. The van der Waals surface area contributed by atoms with Gasteiger partial charge in [0.15, 0.2) is 0 Å². The number of hydrogen-bond donors (Lipinski definition) is 1. The number of carbonyl (C=O) groups is 2. The molecule has 0 aromatic rings. The average Bonchev–Trinajstić information content (AvgIpc) is 3.03. The Morgan fingerprint density at radius 1 is 1.08 bits per heavy atom. The van der Waals surface area contributed by atoms with Gasteiger partial charge in [0, 0.05) is 13.1 Å². The van der Waals surface area contributed by atoms with Gasteiger partial charge in [-0.2, -0.15) is 0 Å². The molecule has 2 amide bonds. The maximum absolute atomic E-state index is 12.4. The summed E-state index contributed by atoms with van der Waals surface area (Å²) < 4.78 is 10.6. The lowest BCUT2D eigenvalue weighted by atomic mass is 10.1. The highest BCUT2D eigenvalue weighted by molar-refractivity contribution is 5.68. The highest BCUT2D eigenvalue weighted by Crippen LogP contribution is 2.12. The number of likely N-dealkylation sites (tertiary alicyclic amines) is 1. The SMILES string of the molecule is CC(C)CN(CC(C)C)C(=O)OC[C@H](CCCN1CCCC1)OC(N)=O. The van der Waals surface area contributed by atoms with Crippen molar-refractivity contribution in [1.29, 1.82) is 0 Å². The largest absolute Gasteiger partial charge is 0.445 e. The Balaban J connectivity index is 2.45. The van der Waals surface area contributed by atoms with Crippen LogP contribution in [0.1, 0.15) is 53.4 Å². The van der Waals surface area contributed by atoms with Crippen LogP contribution in [-0.2, 0) is 9.47 Å². The number of amides is 2. The van der Waals surface area contributed by atoms with E-state index >= 15 is 0 Å². The minimum atomic E-state index is -0.826. The predicted octanol–water partition coefficient (Wildman–Crippen LogP) is 3.08. The van der Waals surface area contributed by atoms with Crippen molar-refractivity contribution < 1.29 is 19.1 Å². The monoisotopic (exact) mass is 371 g/mol. The summed E-state index contributed by atoms with van der Waals surface area (Å²) in [6.07, 6.45) is 2.36. The van der Waals surface area contributed by atoms with Crippen LogP contribution in [0.2, 0.25) is 0 Å². The third-order valence-corrected chi connectivity index (χ3v) is 4.30. The van der Waals surface area contributed by atoms with Gasteiger partial charge in [0.05, 0.1) is 0 Å². The van der Waals surface area contributed by atoms with Crippen LogP contribution >= 0.6 is 0 Å². The topological polar surface area (TPSA) is 85.1 Å². The molecule has 0 aromatic carbocycles. The Bertz CT molecular complexity index is 413. The van der Waals surface area contributed by atoms with E-state index in [9.17, 15) is 9.59 Å². The molecule has 26 heavy (non-hydrogen) atoms. The number of nitrogens with two attached hydrogens (primary N) is 1. The van der Waals surface area contributed by atoms with Crippen LogP contribution in [0.4, 0.5) is 9.59 Å². The molecule has 1 aliphatic rings. The summed E-state index contributed by atoms with van der Waals surface area (Å²) in [4.78, 5) is 27.7. The molecule has 0 bridgehead atoms. The van der Waals surface area contributed by atoms with Crippen molar-refractivity contribution in [2.24, 2.45) is 17.6 Å². The van der Waals surface area contributed by atoms with Gasteiger partial charge in [-0.25, -0.2) is 9.59 Å². The summed E-state index contributed by atoms with van der Waals surface area (Å²) in [5.74, 6) is 0.721. The van der Waals surface area contributed by atoms with Crippen LogP contribution in [0.15, 0.2) is 0 Å². The van der Waals surface area contributed by atoms with Crippen LogP contribution in [0.25, 0.3) is 0 Å². The second-order valence-corrected chi connectivity index (χ2v) is 8.02. The van der Waals surface area contributed by atoms with E-state index in [1.807, 2.05) is 0 Å². The summed E-state index contributed by atoms with van der Waals surface area (Å²) in [7, 11) is 0. The van der Waals surface area contributed by atoms with E-state index in [-0.39, 0.29) is 12.7 Å². The number of hydrogen-bond acceptors (Lipinski definition) is 5. The molecule has 1 atom stereocenters. The average molecular weight is 372 g/mol. The van der Waals surface area contributed by atoms with E-state index in [1.54, 1.807) is 4.90 Å². The van der Waals surface area contributed by atoms with E-state index in [2.05, 4.69) is 32.6 Å². The first-order chi connectivity index (χ1) is 12.3. The molecule has 0 saturated carbocycles. The second kappa shape index (κ2) is 12.0. The first-order valence-corrected chi connectivity index (χ1v) is 9.88. The van der Waals surface area contributed by atoms with Gasteiger partial charge in [0.25, 0.3) is 0 Å². The maximum atomic E-state index is 12.4. The summed E-state index contributed by atoms with van der Waals surface area (Å²) in [5, 5.41) is 0. The fraction of sp³-hybridized carbons (Fsp3) is 0.895. The van der Waals surface area contributed by atoms with Crippen LogP contribution in [0, 0.1) is 11.8 Å². The Hall–Kier alpha value is -1.50. The smallest absolute Gasteiger partial charge is 0.409 e. The molecule has 7 nitrogen and oxygen atoms in total. The van der Waals surface area contributed by atoms with Crippen LogP contribution in [-0.4, -0.2) is 67.4 Å². The first-order valence-electron chi connectivity index (χ1n) is 9.88. The van der Waals surface area contributed by atoms with Crippen molar-refractivity contribution in [1.82, 2.24) is 9.80 Å². The Labute approximate surface area is 158 Å². The van der Waals surface area contributed by atoms with Crippen molar-refractivity contribution in [3.63, 3.8) is 0 Å². The van der Waals surface area contributed by atoms with Gasteiger partial charge in [-0.05, 0) is 57.2 Å². The van der Waals surface area contributed by atoms with E-state index < -0.39 is 12.2 Å². The Morgan fingerprint density at radius 3 is 2.15 bits per heavy atom. The molecule has 7 heteroatoms. The molecule has 1 saturated heterocycles. The van der Waals surface area contributed by atoms with Crippen LogP contribution in [0.3, 0.4) is 0 Å². The molecule has 1 heterocycles. The van der Waals surface area contributed by atoms with Gasteiger partial charge < -0.3 is 25.0 Å². The van der Waals surface area contributed by atoms with Gasteiger partial charge in [-0.15, -0.1) is 0 Å². The summed E-state index contributed by atoms with van der Waals surface area (Å²) in [5.41, 5.74) is 5.16. The van der Waals surface area contributed by atoms with Crippen molar-refractivity contribution in [2.45, 2.75) is 59.5 Å². The van der Waals surface area contributed by atoms with E-state index in [0.717, 1.165) is 26.1 Å². The van der Waals surface area contributed by atoms with Crippen molar-refractivity contribution in [3.8, 4) is 0 Å². The Morgan fingerprint density at radius 2 is 1.65 bits per heavy atom. The highest BCUT2D eigenvalue weighted by Gasteiger charge is 2.21. The van der Waals surface area contributed by atoms with E-state index in [1.165, 1.54) is 12.8 Å². The fourth-order valence-corrected chi connectivity index (χ4v) is 3.25. The molecule has 0 radical (unpaired) electrons. The summed E-state index contributed by atoms with van der Waals surface area (Å²) in [6.45, 7) is 12.9. The molecule has 1 aliphatic heterocycles. The van der Waals surface area contributed by atoms with E-state index in [0.29, 0.717) is 31.3 Å². The van der Waals surface area contributed by atoms with E-state index in [4.69, 9.17) is 15.2 Å². The fourth-order valence-electron chi connectivity index (χ4n) is 3.25. The molecule has 2 N–H and O–H groups in total. The normalized spacial score (nSPS) is 16.1. The molecule has 1 rings (SSSR count). The highest BCUT2D eigenvalue weighted by atomic mass is 16.6. The molecule has 0 aromatic heterocycles. The zero-order chi connectivity index (χ0) is 19.5. The van der Waals surface area contributed by atoms with Gasteiger partial charge in [-0.1, -0.05) is 27.7 Å². The zero-order valence-corrected chi connectivity index (χ0v) is 16.9. The molecule has 0 unspecified atom stereocenters. The van der Waals surface area contributed by atoms with Crippen LogP contribution in [0.5, 0.6) is 0 Å². The minimum absolute atomic E-state index is 0.0501. The van der Waals surface area contributed by atoms with Crippen LogP contribution < -0.4 is 5.73 Å². The second-order valence-electron chi connectivity index (χ2n) is 8.02. The van der Waals surface area contributed by atoms with Gasteiger partial charge in [-0.3, -0.25) is 0 Å². The molecule has 1 fully saturated rings. The summed E-state index contributed by atoms with van der Waals surface area (Å²) in [6, 6.07) is 0. The molecule has 0 aliphatic carbocycles. The number of ether oxygens (including phenoxy) is 2. The van der Waals surface area contributed by atoms with Crippen molar-refractivity contribution in [3.05, 3.63) is 0 Å². The quantitative estimate of drug-likeness (QED) is 0.603. The number of carbonyl (C=O) groups excluding carboxylic acids is 2. The number of primary amides is 1. The zero-order valence-electron chi connectivity index (χ0n) is 16.9. The summed E-state index contributed by atoms with van der Waals surface area (Å²) >= 11 is 0. The van der Waals surface area contributed by atoms with Crippen molar-refractivity contribution >= 4 is 12.2 Å². The van der Waals surface area contributed by atoms with Gasteiger partial charge in [0.2, 0.25) is 0 Å². The molecular formula is C19H37N3O4. The Kier molecular flexibility index (Phi) is 10.4. The molecule has 0 spiro atoms. The van der Waals surface area contributed by atoms with Gasteiger partial charge in [0.1, 0.15) is 12.7 Å². The first kappa shape index (κ1) is 22.5. The third-order valence-electron chi connectivity index (χ3n) is 4.30.